The number of para-hydroxylation sites is 1. The molecule has 1 heterocycles. The van der Waals surface area contributed by atoms with Gasteiger partial charge in [-0.25, -0.2) is 0 Å². The molecule has 17 heavy (non-hydrogen) atoms. The van der Waals surface area contributed by atoms with E-state index >= 15 is 0 Å². The number of hydrogen-bond acceptors (Lipinski definition) is 4. The van der Waals surface area contributed by atoms with E-state index in [2.05, 4.69) is 0 Å². The smallest absolute Gasteiger partial charge is 0.326 e. The lowest BCUT2D eigenvalue weighted by molar-refractivity contribution is -0.143. The summed E-state index contributed by atoms with van der Waals surface area (Å²) in [4.78, 5) is 11.8. The lowest BCUT2D eigenvalue weighted by atomic mass is 10.3. The van der Waals surface area contributed by atoms with Crippen molar-refractivity contribution in [2.24, 2.45) is 0 Å². The number of fused-ring (bicyclic) bond motifs is 1. The van der Waals surface area contributed by atoms with Gasteiger partial charge < -0.3 is 9.30 Å². The molecule has 1 aromatic heterocycles. The van der Waals surface area contributed by atoms with Crippen molar-refractivity contribution in [3.63, 3.8) is 0 Å². The fourth-order valence-corrected chi connectivity index (χ4v) is 2.44. The van der Waals surface area contributed by atoms with E-state index in [0.29, 0.717) is 11.4 Å². The first-order valence-corrected chi connectivity index (χ1v) is 5.82. The summed E-state index contributed by atoms with van der Waals surface area (Å²) in [7, 11) is 0. The van der Waals surface area contributed by atoms with Crippen molar-refractivity contribution in [3.8, 4) is 0 Å². The average Bonchev–Trinajstić information content (AvgIpc) is 2.56. The molecule has 0 bridgehead atoms. The van der Waals surface area contributed by atoms with Crippen LogP contribution in [0.15, 0.2) is 24.3 Å². The molecule has 0 unspecified atom stereocenters. The number of nitrogens with zero attached hydrogens (tertiary/aromatic N) is 1. The number of carbonyl (C=O) groups excluding carboxylic acids is 1. The van der Waals surface area contributed by atoms with Crippen LogP contribution in [0.25, 0.3) is 10.2 Å². The average molecular weight is 317 g/mol. The van der Waals surface area contributed by atoms with Crippen molar-refractivity contribution in [3.05, 3.63) is 29.1 Å². The Bertz CT molecular complexity index is 576. The second kappa shape index (κ2) is 5.97. The molecule has 1 aromatic carbocycles. The van der Waals surface area contributed by atoms with Crippen LogP contribution in [0.4, 0.5) is 0 Å². The molecular weight excluding hydrogens is 304 g/mol. The highest BCUT2D eigenvalue weighted by Gasteiger charge is 2.09. The van der Waals surface area contributed by atoms with Crippen LogP contribution in [-0.4, -0.2) is 17.1 Å². The van der Waals surface area contributed by atoms with E-state index in [1.165, 1.54) is 11.3 Å². The molecule has 0 radical (unpaired) electrons. The highest BCUT2D eigenvalue weighted by atomic mass is 79.9. The number of benzene rings is 1. The van der Waals surface area contributed by atoms with Crippen molar-refractivity contribution in [1.29, 1.82) is 5.41 Å². The molecule has 6 heteroatoms. The molecule has 0 aliphatic rings. The van der Waals surface area contributed by atoms with Crippen LogP contribution in [0.3, 0.4) is 0 Å². The Morgan fingerprint density at radius 3 is 2.88 bits per heavy atom. The number of nitrogens with one attached hydrogen (secondary N) is 1. The van der Waals surface area contributed by atoms with E-state index in [1.54, 1.807) is 11.5 Å². The van der Waals surface area contributed by atoms with Crippen molar-refractivity contribution in [2.75, 3.05) is 6.61 Å². The SMILES string of the molecule is Br.CCOC(=O)Cn1c(=N)sc2ccccc21. The molecule has 2 rings (SSSR count). The van der Waals surface area contributed by atoms with Crippen molar-refractivity contribution in [1.82, 2.24) is 4.57 Å². The predicted octanol–water partition coefficient (Wildman–Crippen LogP) is 2.32. The fraction of sp³-hybridized carbons (Fsp3) is 0.273. The molecule has 0 aliphatic heterocycles. The molecule has 0 amide bonds. The molecule has 4 nitrogen and oxygen atoms in total. The van der Waals surface area contributed by atoms with Crippen molar-refractivity contribution in [2.45, 2.75) is 13.5 Å². The largest absolute Gasteiger partial charge is 0.465 e. The van der Waals surface area contributed by atoms with Crippen LogP contribution in [-0.2, 0) is 16.1 Å². The van der Waals surface area contributed by atoms with E-state index in [-0.39, 0.29) is 29.5 Å². The summed E-state index contributed by atoms with van der Waals surface area (Å²) in [6.45, 7) is 2.25. The number of hydrogen-bond donors (Lipinski definition) is 1. The Hall–Kier alpha value is -1.14. The van der Waals surface area contributed by atoms with Gasteiger partial charge in [-0.2, -0.15) is 0 Å². The van der Waals surface area contributed by atoms with Gasteiger partial charge in [-0.1, -0.05) is 23.5 Å². The molecule has 0 aliphatic carbocycles. The van der Waals surface area contributed by atoms with Gasteiger partial charge in [0.1, 0.15) is 6.54 Å². The van der Waals surface area contributed by atoms with E-state index in [0.717, 1.165) is 10.2 Å². The highest BCUT2D eigenvalue weighted by molar-refractivity contribution is 8.93. The molecule has 0 saturated heterocycles. The number of rotatable bonds is 3. The van der Waals surface area contributed by atoms with Crippen LogP contribution in [0.5, 0.6) is 0 Å². The molecule has 0 fully saturated rings. The third-order valence-electron chi connectivity index (χ3n) is 2.20. The molecule has 0 saturated carbocycles. The minimum atomic E-state index is -0.301. The summed E-state index contributed by atoms with van der Waals surface area (Å²) in [5, 5.41) is 7.80. The zero-order valence-electron chi connectivity index (χ0n) is 9.30. The molecule has 2 aromatic rings. The van der Waals surface area contributed by atoms with Crippen molar-refractivity contribution >= 4 is 44.5 Å². The maximum atomic E-state index is 11.4. The van der Waals surface area contributed by atoms with E-state index in [4.69, 9.17) is 10.1 Å². The van der Waals surface area contributed by atoms with Gasteiger partial charge in [0, 0.05) is 0 Å². The minimum absolute atomic E-state index is 0. The Morgan fingerprint density at radius 1 is 1.47 bits per heavy atom. The number of aromatic nitrogens is 1. The van der Waals surface area contributed by atoms with Gasteiger partial charge in [-0.3, -0.25) is 10.2 Å². The topological polar surface area (TPSA) is 55.1 Å². The first-order valence-electron chi connectivity index (χ1n) is 5.01. The summed E-state index contributed by atoms with van der Waals surface area (Å²) in [5.41, 5.74) is 0.908. The number of halogens is 1. The minimum Gasteiger partial charge on any atom is -0.465 e. The van der Waals surface area contributed by atoms with Crippen LogP contribution in [0.2, 0.25) is 0 Å². The number of esters is 1. The van der Waals surface area contributed by atoms with Gasteiger partial charge in [0.25, 0.3) is 0 Å². The summed E-state index contributed by atoms with van der Waals surface area (Å²) >= 11 is 1.36. The maximum Gasteiger partial charge on any atom is 0.326 e. The predicted molar refractivity (Wildman–Crippen MR) is 72.6 cm³/mol. The molecular formula is C11H13BrN2O2S. The quantitative estimate of drug-likeness (QED) is 0.883. The van der Waals surface area contributed by atoms with Crippen LogP contribution >= 0.6 is 28.3 Å². The summed E-state index contributed by atoms with van der Waals surface area (Å²) in [6.07, 6.45) is 0. The van der Waals surface area contributed by atoms with E-state index in [1.807, 2.05) is 24.3 Å². The third kappa shape index (κ3) is 2.95. The van der Waals surface area contributed by atoms with Crippen LogP contribution in [0.1, 0.15) is 6.92 Å². The van der Waals surface area contributed by atoms with Crippen LogP contribution < -0.4 is 4.80 Å². The number of thiazole rings is 1. The van der Waals surface area contributed by atoms with Gasteiger partial charge in [0.2, 0.25) is 0 Å². The van der Waals surface area contributed by atoms with Gasteiger partial charge in [0.15, 0.2) is 4.80 Å². The second-order valence-corrected chi connectivity index (χ2v) is 4.30. The summed E-state index contributed by atoms with van der Waals surface area (Å²) in [5.74, 6) is -0.301. The third-order valence-corrected chi connectivity index (χ3v) is 3.18. The zero-order chi connectivity index (χ0) is 11.5. The summed E-state index contributed by atoms with van der Waals surface area (Å²) < 4.78 is 7.56. The number of ether oxygens (including phenoxy) is 1. The van der Waals surface area contributed by atoms with Crippen LogP contribution in [0, 0.1) is 5.41 Å². The van der Waals surface area contributed by atoms with E-state index < -0.39 is 0 Å². The van der Waals surface area contributed by atoms with Gasteiger partial charge in [-0.15, -0.1) is 17.0 Å². The zero-order valence-corrected chi connectivity index (χ0v) is 11.8. The van der Waals surface area contributed by atoms with Gasteiger partial charge >= 0.3 is 5.97 Å². The molecule has 1 N–H and O–H groups in total. The molecule has 92 valence electrons. The van der Waals surface area contributed by atoms with Gasteiger partial charge in [-0.05, 0) is 19.1 Å². The lowest BCUT2D eigenvalue weighted by Gasteiger charge is -2.03. The Labute approximate surface area is 113 Å². The second-order valence-electron chi connectivity index (χ2n) is 3.27. The Kier molecular flexibility index (Phi) is 4.89. The number of carbonyl (C=O) groups is 1. The molecule has 0 spiro atoms. The summed E-state index contributed by atoms with van der Waals surface area (Å²) in [6, 6.07) is 7.67. The normalized spacial score (nSPS) is 9.94. The molecule has 0 atom stereocenters. The van der Waals surface area contributed by atoms with E-state index in [9.17, 15) is 4.79 Å². The standard InChI is InChI=1S/C11H12N2O2S.BrH/c1-2-15-10(14)7-13-8-5-3-4-6-9(8)16-11(13)12;/h3-6,12H,2,7H2,1H3;1H. The maximum absolute atomic E-state index is 11.4. The fourth-order valence-electron chi connectivity index (χ4n) is 1.53. The first-order chi connectivity index (χ1) is 7.72. The lowest BCUT2D eigenvalue weighted by Crippen LogP contribution is -2.20. The van der Waals surface area contributed by atoms with Gasteiger partial charge in [0.05, 0.1) is 16.8 Å². The Morgan fingerprint density at radius 2 is 2.18 bits per heavy atom. The monoisotopic (exact) mass is 316 g/mol. The van der Waals surface area contributed by atoms with Crippen molar-refractivity contribution < 1.29 is 9.53 Å². The Balaban J connectivity index is 0.00000144. The first kappa shape index (κ1) is 13.9. The highest BCUT2D eigenvalue weighted by Crippen LogP contribution is 2.16.